The van der Waals surface area contributed by atoms with Gasteiger partial charge in [-0.3, -0.25) is 4.79 Å². The Morgan fingerprint density at radius 2 is 2.06 bits per heavy atom. The maximum absolute atomic E-state index is 13.2. The van der Waals surface area contributed by atoms with Crippen molar-refractivity contribution in [2.45, 2.75) is 60.3 Å². The lowest BCUT2D eigenvalue weighted by Gasteiger charge is -2.32. The Morgan fingerprint density at radius 3 is 2.67 bits per heavy atom. The Bertz CT molecular complexity index is 1010. The first-order chi connectivity index (χ1) is 17.2. The van der Waals surface area contributed by atoms with Crippen LogP contribution >= 0.6 is 0 Å². The molecule has 0 aliphatic carbocycles. The number of benzene rings is 1. The number of nitrogens with zero attached hydrogens (tertiary/aromatic N) is 2. The zero-order valence-electron chi connectivity index (χ0n) is 23.4. The van der Waals surface area contributed by atoms with E-state index in [2.05, 4.69) is 64.0 Å². The summed E-state index contributed by atoms with van der Waals surface area (Å²) in [6, 6.07) is 6.02. The van der Waals surface area contributed by atoms with Crippen LogP contribution < -0.4 is 4.90 Å². The fourth-order valence-corrected chi connectivity index (χ4v) is 4.67. The molecule has 0 saturated carbocycles. The van der Waals surface area contributed by atoms with Crippen LogP contribution in [0, 0.1) is 12.8 Å². The molecule has 1 fully saturated rings. The van der Waals surface area contributed by atoms with Gasteiger partial charge in [0, 0.05) is 43.7 Å². The molecule has 4 nitrogen and oxygen atoms in total. The second kappa shape index (κ2) is 14.6. The SMILES string of the molecule is C=C(CCC)C(=C\C=C/C)/C=C(\C)C(=C)N(CCOC)c1ccc(C(=O)N2CCCC(C)C2)cc1C. The van der Waals surface area contributed by atoms with Gasteiger partial charge >= 0.3 is 0 Å². The van der Waals surface area contributed by atoms with Crippen LogP contribution in [0.4, 0.5) is 5.69 Å². The van der Waals surface area contributed by atoms with Crippen LogP contribution in [0.25, 0.3) is 0 Å². The highest BCUT2D eigenvalue weighted by Gasteiger charge is 2.23. The Morgan fingerprint density at radius 1 is 1.31 bits per heavy atom. The number of hydrogen-bond acceptors (Lipinski definition) is 3. The van der Waals surface area contributed by atoms with Gasteiger partial charge in [-0.15, -0.1) is 0 Å². The van der Waals surface area contributed by atoms with Crippen LogP contribution in [0.3, 0.4) is 0 Å². The Labute approximate surface area is 219 Å². The normalized spacial score (nSPS) is 16.9. The highest BCUT2D eigenvalue weighted by atomic mass is 16.5. The van der Waals surface area contributed by atoms with Crippen molar-refractivity contribution >= 4 is 11.6 Å². The Kier molecular flexibility index (Phi) is 12.0. The van der Waals surface area contributed by atoms with Crippen LogP contribution in [0.1, 0.15) is 69.3 Å². The van der Waals surface area contributed by atoms with E-state index in [-0.39, 0.29) is 5.91 Å². The highest BCUT2D eigenvalue weighted by molar-refractivity contribution is 5.95. The van der Waals surface area contributed by atoms with Crippen LogP contribution in [0.15, 0.2) is 78.1 Å². The summed E-state index contributed by atoms with van der Waals surface area (Å²) < 4.78 is 5.42. The first-order valence-electron chi connectivity index (χ1n) is 13.3. The first kappa shape index (κ1) is 29.4. The van der Waals surface area contributed by atoms with Gasteiger partial charge in [0.15, 0.2) is 0 Å². The average molecular weight is 491 g/mol. The van der Waals surface area contributed by atoms with Gasteiger partial charge in [-0.05, 0) is 92.5 Å². The van der Waals surface area contributed by atoms with Crippen LogP contribution in [0.2, 0.25) is 0 Å². The second-order valence-corrected chi connectivity index (χ2v) is 9.92. The molecule has 36 heavy (non-hydrogen) atoms. The molecule has 1 aromatic carbocycles. The summed E-state index contributed by atoms with van der Waals surface area (Å²) in [6.45, 7) is 22.2. The number of amides is 1. The lowest BCUT2D eigenvalue weighted by molar-refractivity contribution is 0.0683. The average Bonchev–Trinajstić information content (AvgIpc) is 2.86. The molecule has 1 heterocycles. The molecule has 1 atom stereocenters. The van der Waals surface area contributed by atoms with Gasteiger partial charge < -0.3 is 14.5 Å². The van der Waals surface area contributed by atoms with Crippen molar-refractivity contribution in [1.29, 1.82) is 0 Å². The molecule has 0 bridgehead atoms. The van der Waals surface area contributed by atoms with Gasteiger partial charge in [0.05, 0.1) is 6.61 Å². The number of ether oxygens (including phenoxy) is 1. The molecule has 0 aromatic heterocycles. The number of carbonyl (C=O) groups excluding carboxylic acids is 1. The predicted octanol–water partition coefficient (Wildman–Crippen LogP) is 7.64. The number of anilines is 1. The van der Waals surface area contributed by atoms with Crippen molar-refractivity contribution in [1.82, 2.24) is 4.90 Å². The molecule has 1 aliphatic rings. The van der Waals surface area contributed by atoms with E-state index in [1.165, 1.54) is 6.42 Å². The molecule has 1 saturated heterocycles. The van der Waals surface area contributed by atoms with Gasteiger partial charge in [-0.2, -0.15) is 0 Å². The van der Waals surface area contributed by atoms with Gasteiger partial charge in [0.25, 0.3) is 5.91 Å². The maximum Gasteiger partial charge on any atom is 0.253 e. The van der Waals surface area contributed by atoms with Gasteiger partial charge in [-0.1, -0.05) is 51.7 Å². The zero-order chi connectivity index (χ0) is 26.7. The van der Waals surface area contributed by atoms with Crippen molar-refractivity contribution in [2.75, 3.05) is 38.3 Å². The molecule has 196 valence electrons. The number of rotatable bonds is 12. The molecule has 1 unspecified atom stereocenters. The van der Waals surface area contributed by atoms with E-state index in [1.54, 1.807) is 7.11 Å². The van der Waals surface area contributed by atoms with Gasteiger partial charge in [0.1, 0.15) is 0 Å². The number of methoxy groups -OCH3 is 1. The highest BCUT2D eigenvalue weighted by Crippen LogP contribution is 2.29. The molecule has 1 amide bonds. The fourth-order valence-electron chi connectivity index (χ4n) is 4.67. The minimum Gasteiger partial charge on any atom is -0.383 e. The second-order valence-electron chi connectivity index (χ2n) is 9.92. The third kappa shape index (κ3) is 8.09. The molecular weight excluding hydrogens is 444 g/mol. The van der Waals surface area contributed by atoms with E-state index in [1.807, 2.05) is 36.1 Å². The van der Waals surface area contributed by atoms with Gasteiger partial charge in [0.2, 0.25) is 0 Å². The largest absolute Gasteiger partial charge is 0.383 e. The minimum atomic E-state index is 0.128. The van der Waals surface area contributed by atoms with E-state index in [4.69, 9.17) is 4.74 Å². The summed E-state index contributed by atoms with van der Waals surface area (Å²) in [4.78, 5) is 17.4. The standard InChI is InChI=1S/C32H46N2O2/c1-9-11-15-29(25(4)13-10-2)21-26(5)28(7)34(19-20-36-8)31-17-16-30(22-27(31)6)32(35)33-18-12-14-24(3)23-33/h9,11,15-17,21-22,24H,4,7,10,12-14,18-20,23H2,1-3,5-6,8H3/b11-9-,26-21+,29-15-. The van der Waals surface area contributed by atoms with Crippen molar-refractivity contribution in [3.8, 4) is 0 Å². The number of allylic oxidation sites excluding steroid dienone is 7. The first-order valence-corrected chi connectivity index (χ1v) is 13.3. The van der Waals surface area contributed by atoms with Crippen molar-refractivity contribution in [3.05, 3.63) is 89.2 Å². The summed E-state index contributed by atoms with van der Waals surface area (Å²) in [5, 5.41) is 0. The fraction of sp³-hybridized carbons (Fsp3) is 0.469. The molecular formula is C32H46N2O2. The third-order valence-electron chi connectivity index (χ3n) is 6.78. The summed E-state index contributed by atoms with van der Waals surface area (Å²) >= 11 is 0. The number of piperidine rings is 1. The van der Waals surface area contributed by atoms with E-state index >= 15 is 0 Å². The van der Waals surface area contributed by atoms with Crippen LogP contribution in [0.5, 0.6) is 0 Å². The number of aryl methyl sites for hydroxylation is 1. The minimum absolute atomic E-state index is 0.128. The molecule has 1 aliphatic heterocycles. The zero-order valence-corrected chi connectivity index (χ0v) is 23.4. The van der Waals surface area contributed by atoms with Crippen molar-refractivity contribution < 1.29 is 9.53 Å². The van der Waals surface area contributed by atoms with Crippen LogP contribution in [-0.4, -0.2) is 44.2 Å². The molecule has 0 N–H and O–H groups in total. The molecule has 1 aromatic rings. The van der Waals surface area contributed by atoms with E-state index in [0.29, 0.717) is 19.1 Å². The number of hydrogen-bond donors (Lipinski definition) is 0. The Hall–Kier alpha value is -2.85. The smallest absolute Gasteiger partial charge is 0.253 e. The monoisotopic (exact) mass is 490 g/mol. The van der Waals surface area contributed by atoms with E-state index in [0.717, 1.165) is 71.6 Å². The van der Waals surface area contributed by atoms with Crippen molar-refractivity contribution in [3.63, 3.8) is 0 Å². The predicted molar refractivity (Wildman–Crippen MR) is 155 cm³/mol. The molecule has 2 rings (SSSR count). The summed E-state index contributed by atoms with van der Waals surface area (Å²) in [7, 11) is 1.71. The third-order valence-corrected chi connectivity index (χ3v) is 6.78. The molecule has 0 spiro atoms. The van der Waals surface area contributed by atoms with E-state index in [9.17, 15) is 4.79 Å². The maximum atomic E-state index is 13.2. The van der Waals surface area contributed by atoms with Crippen molar-refractivity contribution in [2.24, 2.45) is 5.92 Å². The topological polar surface area (TPSA) is 32.8 Å². The molecule has 4 heteroatoms. The number of carbonyl (C=O) groups is 1. The summed E-state index contributed by atoms with van der Waals surface area (Å²) in [5.74, 6) is 0.689. The quantitative estimate of drug-likeness (QED) is 0.282. The summed E-state index contributed by atoms with van der Waals surface area (Å²) in [5.41, 5.74) is 7.07. The Balaban J connectivity index is 2.36. The lowest BCUT2D eigenvalue weighted by atomic mass is 9.98. The lowest BCUT2D eigenvalue weighted by Crippen LogP contribution is -2.39. The molecule has 0 radical (unpaired) electrons. The van der Waals surface area contributed by atoms with E-state index < -0.39 is 0 Å². The summed E-state index contributed by atoms with van der Waals surface area (Å²) in [6.07, 6.45) is 12.6. The number of likely N-dealkylation sites (tertiary alicyclic amines) is 1. The van der Waals surface area contributed by atoms with Crippen LogP contribution in [-0.2, 0) is 4.74 Å². The van der Waals surface area contributed by atoms with Gasteiger partial charge in [-0.25, -0.2) is 0 Å².